The molecule has 0 saturated heterocycles. The van der Waals surface area contributed by atoms with Crippen LogP contribution in [-0.2, 0) is 17.9 Å². The molecule has 96 valence electrons. The summed E-state index contributed by atoms with van der Waals surface area (Å²) in [4.78, 5) is 11.7. The molecular weight excluding hydrogens is 281 g/mol. The Labute approximate surface area is 112 Å². The van der Waals surface area contributed by atoms with Crippen LogP contribution in [-0.4, -0.2) is 22.0 Å². The number of halogens is 2. The molecule has 0 atom stereocenters. The fourth-order valence-electron chi connectivity index (χ4n) is 1.35. The number of aromatic nitrogens is 3. The Bertz CT molecular complexity index is 609. The Kier molecular flexibility index (Phi) is 4.00. The van der Waals surface area contributed by atoms with Crippen molar-refractivity contribution in [3.63, 3.8) is 0 Å². The molecule has 2 aromatic rings. The maximum absolute atomic E-state index is 11.7. The molecule has 0 spiro atoms. The van der Waals surface area contributed by atoms with Gasteiger partial charge in [-0.15, -0.1) is 0 Å². The fraction of sp³-hybridized carbons (Fsp3) is 0.300. The average molecular weight is 290 g/mol. The molecule has 0 aromatic carbocycles. The summed E-state index contributed by atoms with van der Waals surface area (Å²) >= 11 is 11.4. The quantitative estimate of drug-likeness (QED) is 0.857. The molecule has 0 N–H and O–H groups in total. The first-order valence-electron chi connectivity index (χ1n) is 4.96. The lowest BCUT2D eigenvalue weighted by molar-refractivity contribution is 0.155. The topological polar surface area (TPSA) is 70.2 Å². The van der Waals surface area contributed by atoms with Crippen LogP contribution in [0.1, 0.15) is 11.5 Å². The van der Waals surface area contributed by atoms with Crippen LogP contribution in [0.25, 0.3) is 0 Å². The van der Waals surface area contributed by atoms with Crippen LogP contribution in [0.5, 0.6) is 0 Å². The summed E-state index contributed by atoms with van der Waals surface area (Å²) in [6, 6.07) is 1.68. The molecule has 0 unspecified atom stereocenters. The zero-order valence-electron chi connectivity index (χ0n) is 9.39. The first-order chi connectivity index (χ1) is 8.61. The van der Waals surface area contributed by atoms with Gasteiger partial charge < -0.3 is 9.26 Å². The third kappa shape index (κ3) is 2.72. The second-order valence-corrected chi connectivity index (χ2v) is 4.27. The highest BCUT2D eigenvalue weighted by molar-refractivity contribution is 6.41. The van der Waals surface area contributed by atoms with Crippen molar-refractivity contribution < 1.29 is 9.26 Å². The third-order valence-corrected chi connectivity index (χ3v) is 2.90. The van der Waals surface area contributed by atoms with Gasteiger partial charge in [-0.1, -0.05) is 28.4 Å². The highest BCUT2D eigenvalue weighted by atomic mass is 35.5. The van der Waals surface area contributed by atoms with Gasteiger partial charge in [0.05, 0.1) is 17.8 Å². The monoisotopic (exact) mass is 289 g/mol. The van der Waals surface area contributed by atoms with Gasteiger partial charge in [-0.25, -0.2) is 4.68 Å². The second kappa shape index (κ2) is 5.51. The van der Waals surface area contributed by atoms with Gasteiger partial charge in [0.2, 0.25) is 0 Å². The molecule has 0 aliphatic carbocycles. The lowest BCUT2D eigenvalue weighted by Gasteiger charge is -2.02. The van der Waals surface area contributed by atoms with E-state index in [4.69, 9.17) is 32.5 Å². The normalized spacial score (nSPS) is 10.8. The molecule has 2 heterocycles. The summed E-state index contributed by atoms with van der Waals surface area (Å²) in [5.41, 5.74) is 0.0792. The predicted octanol–water partition coefficient (Wildman–Crippen LogP) is 1.73. The molecule has 2 aromatic heterocycles. The fourth-order valence-corrected chi connectivity index (χ4v) is 1.62. The van der Waals surface area contributed by atoms with Crippen molar-refractivity contribution in [2.75, 3.05) is 7.11 Å². The summed E-state index contributed by atoms with van der Waals surface area (Å²) in [6.45, 7) is 0.472. The minimum Gasteiger partial charge on any atom is -0.377 e. The zero-order valence-corrected chi connectivity index (χ0v) is 10.9. The first kappa shape index (κ1) is 13.1. The van der Waals surface area contributed by atoms with Gasteiger partial charge in [-0.05, 0) is 0 Å². The molecule has 8 heteroatoms. The maximum Gasteiger partial charge on any atom is 0.287 e. The van der Waals surface area contributed by atoms with E-state index in [0.717, 1.165) is 4.68 Å². The minimum absolute atomic E-state index is 0.0627. The van der Waals surface area contributed by atoms with E-state index in [-0.39, 0.29) is 16.6 Å². The lowest BCUT2D eigenvalue weighted by atomic mass is 10.3. The minimum atomic E-state index is -0.472. The zero-order chi connectivity index (χ0) is 13.1. The standard InChI is InChI=1S/C10H9Cl2N3O3/c1-17-5-7-2-6(14-18-7)4-15-10(16)9(12)8(11)3-13-15/h2-3H,4-5H2,1H3. The van der Waals surface area contributed by atoms with Gasteiger partial charge in [0.15, 0.2) is 5.76 Å². The van der Waals surface area contributed by atoms with Crippen molar-refractivity contribution in [1.82, 2.24) is 14.9 Å². The van der Waals surface area contributed by atoms with Crippen LogP contribution in [0.4, 0.5) is 0 Å². The van der Waals surface area contributed by atoms with Gasteiger partial charge >= 0.3 is 0 Å². The molecule has 0 saturated carbocycles. The predicted molar refractivity (Wildman–Crippen MR) is 64.8 cm³/mol. The van der Waals surface area contributed by atoms with Crippen molar-refractivity contribution in [3.8, 4) is 0 Å². The summed E-state index contributed by atoms with van der Waals surface area (Å²) in [5, 5.41) is 7.72. The highest BCUT2D eigenvalue weighted by Crippen LogP contribution is 2.15. The Balaban J connectivity index is 2.23. The molecule has 0 radical (unpaired) electrons. The van der Waals surface area contributed by atoms with Crippen molar-refractivity contribution in [1.29, 1.82) is 0 Å². The molecule has 0 aliphatic heterocycles. The maximum atomic E-state index is 11.7. The number of nitrogens with zero attached hydrogens (tertiary/aromatic N) is 3. The summed E-state index contributed by atoms with van der Waals surface area (Å²) in [5.74, 6) is 0.570. The van der Waals surface area contributed by atoms with Crippen LogP contribution in [0.3, 0.4) is 0 Å². The highest BCUT2D eigenvalue weighted by Gasteiger charge is 2.10. The molecule has 0 amide bonds. The van der Waals surface area contributed by atoms with Crippen molar-refractivity contribution in [3.05, 3.63) is 44.1 Å². The van der Waals surface area contributed by atoms with Crippen LogP contribution < -0.4 is 5.56 Å². The van der Waals surface area contributed by atoms with Crippen LogP contribution in [0.2, 0.25) is 10.0 Å². The number of hydrogen-bond acceptors (Lipinski definition) is 5. The van der Waals surface area contributed by atoms with Gasteiger partial charge in [-0.2, -0.15) is 5.10 Å². The van der Waals surface area contributed by atoms with E-state index in [9.17, 15) is 4.79 Å². The van der Waals surface area contributed by atoms with Crippen molar-refractivity contribution >= 4 is 23.2 Å². The molecule has 0 aliphatic rings. The number of methoxy groups -OCH3 is 1. The Morgan fingerprint density at radius 1 is 1.50 bits per heavy atom. The van der Waals surface area contributed by atoms with E-state index in [1.165, 1.54) is 6.20 Å². The van der Waals surface area contributed by atoms with Crippen molar-refractivity contribution in [2.45, 2.75) is 13.2 Å². The molecular formula is C10H9Cl2N3O3. The Morgan fingerprint density at radius 2 is 2.28 bits per heavy atom. The SMILES string of the molecule is COCc1cc(Cn2ncc(Cl)c(Cl)c2=O)no1. The summed E-state index contributed by atoms with van der Waals surface area (Å²) in [6.07, 6.45) is 1.31. The van der Waals surface area contributed by atoms with E-state index in [2.05, 4.69) is 10.3 Å². The largest absolute Gasteiger partial charge is 0.377 e. The van der Waals surface area contributed by atoms with Gasteiger partial charge in [0, 0.05) is 13.2 Å². The van der Waals surface area contributed by atoms with E-state index in [1.54, 1.807) is 13.2 Å². The molecule has 2 rings (SSSR count). The van der Waals surface area contributed by atoms with Crippen LogP contribution in [0, 0.1) is 0 Å². The average Bonchev–Trinajstić information content (AvgIpc) is 2.78. The number of rotatable bonds is 4. The molecule has 6 nitrogen and oxygen atoms in total. The number of hydrogen-bond donors (Lipinski definition) is 0. The van der Waals surface area contributed by atoms with Crippen LogP contribution in [0.15, 0.2) is 21.6 Å². The summed E-state index contributed by atoms with van der Waals surface area (Å²) in [7, 11) is 1.55. The molecule has 18 heavy (non-hydrogen) atoms. The van der Waals surface area contributed by atoms with Crippen LogP contribution >= 0.6 is 23.2 Å². The second-order valence-electron chi connectivity index (χ2n) is 3.49. The first-order valence-corrected chi connectivity index (χ1v) is 5.72. The molecule has 0 fully saturated rings. The third-order valence-electron chi connectivity index (χ3n) is 2.15. The van der Waals surface area contributed by atoms with E-state index in [0.29, 0.717) is 18.1 Å². The summed E-state index contributed by atoms with van der Waals surface area (Å²) < 4.78 is 11.0. The van der Waals surface area contributed by atoms with E-state index in [1.807, 2.05) is 0 Å². The Morgan fingerprint density at radius 3 is 3.00 bits per heavy atom. The lowest BCUT2D eigenvalue weighted by Crippen LogP contribution is -2.23. The number of ether oxygens (including phenoxy) is 1. The van der Waals surface area contributed by atoms with E-state index < -0.39 is 5.56 Å². The Hall–Kier alpha value is -1.37. The smallest absolute Gasteiger partial charge is 0.287 e. The van der Waals surface area contributed by atoms with Gasteiger partial charge in [0.25, 0.3) is 5.56 Å². The van der Waals surface area contributed by atoms with Gasteiger partial charge in [0.1, 0.15) is 17.3 Å². The van der Waals surface area contributed by atoms with Crippen molar-refractivity contribution in [2.24, 2.45) is 0 Å². The van der Waals surface area contributed by atoms with E-state index >= 15 is 0 Å². The van der Waals surface area contributed by atoms with Gasteiger partial charge in [-0.3, -0.25) is 4.79 Å². The molecule has 0 bridgehead atoms.